The molecule has 0 radical (unpaired) electrons. The predicted octanol–water partition coefficient (Wildman–Crippen LogP) is 23.6. The van der Waals surface area contributed by atoms with Crippen molar-refractivity contribution in [3.05, 3.63) is 273 Å². The van der Waals surface area contributed by atoms with Crippen LogP contribution in [0.15, 0.2) is 240 Å². The third-order valence-corrected chi connectivity index (χ3v) is 17.9. The van der Waals surface area contributed by atoms with E-state index in [0.29, 0.717) is 11.8 Å². The first-order valence-corrected chi connectivity index (χ1v) is 31.3. The third kappa shape index (κ3) is 15.5. The second-order valence-corrected chi connectivity index (χ2v) is 23.5. The molecule has 0 nitrogen and oxygen atoms in total. The van der Waals surface area contributed by atoms with Crippen LogP contribution in [0.4, 0.5) is 0 Å². The molecule has 6 aromatic carbocycles. The number of benzene rings is 6. The molecule has 1 fully saturated rings. The van der Waals surface area contributed by atoms with E-state index >= 15 is 0 Å². The lowest BCUT2D eigenvalue weighted by Gasteiger charge is -2.23. The highest BCUT2D eigenvalue weighted by atomic mass is 14.3. The van der Waals surface area contributed by atoms with Crippen LogP contribution in [0.1, 0.15) is 220 Å². The summed E-state index contributed by atoms with van der Waals surface area (Å²) in [5, 5.41) is 0. The van der Waals surface area contributed by atoms with Crippen molar-refractivity contribution in [2.24, 2.45) is 0 Å². The highest BCUT2D eigenvalue weighted by molar-refractivity contribution is 5.66. The monoisotopic (exact) mass is 1040 g/mol. The molecule has 0 N–H and O–H groups in total. The van der Waals surface area contributed by atoms with Crippen molar-refractivity contribution in [2.75, 3.05) is 0 Å². The Balaban J connectivity index is 1.02. The summed E-state index contributed by atoms with van der Waals surface area (Å²) in [7, 11) is 0. The molecule has 0 heteroatoms. The van der Waals surface area contributed by atoms with Gasteiger partial charge in [-0.3, -0.25) is 0 Å². The maximum Gasteiger partial charge on any atom is 0.0305 e. The summed E-state index contributed by atoms with van der Waals surface area (Å²) in [4.78, 5) is 0. The average molecular weight is 1040 g/mol. The summed E-state index contributed by atoms with van der Waals surface area (Å²) in [6, 6.07) is 60.1. The quantitative estimate of drug-likeness (QED) is 0.0324. The molecule has 9 rings (SSSR count). The van der Waals surface area contributed by atoms with Crippen molar-refractivity contribution in [1.29, 1.82) is 0 Å². The van der Waals surface area contributed by atoms with Crippen molar-refractivity contribution in [1.82, 2.24) is 0 Å². The predicted molar refractivity (Wildman–Crippen MR) is 343 cm³/mol. The number of rotatable bonds is 29. The summed E-state index contributed by atoms with van der Waals surface area (Å²) in [6.07, 6.45) is 40.8. The fraction of sp³-hybridized carbons (Fsp3) is 0.367. The van der Waals surface area contributed by atoms with Crippen LogP contribution in [0.2, 0.25) is 0 Å². The summed E-state index contributed by atoms with van der Waals surface area (Å²) in [5.41, 5.74) is 23.4. The van der Waals surface area contributed by atoms with Crippen molar-refractivity contribution < 1.29 is 0 Å². The van der Waals surface area contributed by atoms with Crippen LogP contribution in [-0.4, -0.2) is 0 Å². The first kappa shape index (κ1) is 57.2. The summed E-state index contributed by atoms with van der Waals surface area (Å²) >= 11 is 0. The highest BCUT2D eigenvalue weighted by Gasteiger charge is 2.27. The number of hydrogen-bond donors (Lipinski definition) is 0. The molecule has 2 atom stereocenters. The minimum Gasteiger partial charge on any atom is -0.0952 e. The molecule has 3 aliphatic carbocycles. The smallest absolute Gasteiger partial charge is 0.0305 e. The molecule has 0 amide bonds. The fourth-order valence-corrected chi connectivity index (χ4v) is 13.2. The third-order valence-electron chi connectivity index (χ3n) is 17.9. The molecule has 0 saturated heterocycles. The lowest BCUT2D eigenvalue weighted by atomic mass is 9.81. The van der Waals surface area contributed by atoms with E-state index in [0.717, 1.165) is 25.7 Å². The van der Waals surface area contributed by atoms with Crippen molar-refractivity contribution >= 4 is 0 Å². The Labute approximate surface area is 479 Å². The van der Waals surface area contributed by atoms with E-state index in [1.807, 2.05) is 0 Å². The van der Waals surface area contributed by atoms with Gasteiger partial charge in [0.25, 0.3) is 0 Å². The lowest BCUT2D eigenvalue weighted by molar-refractivity contribution is 0.589. The van der Waals surface area contributed by atoms with Crippen molar-refractivity contribution in [2.45, 2.75) is 186 Å². The Kier molecular flexibility index (Phi) is 21.5. The maximum atomic E-state index is 4.98. The highest BCUT2D eigenvalue weighted by Crippen LogP contribution is 2.45. The van der Waals surface area contributed by atoms with E-state index in [2.05, 4.69) is 222 Å². The first-order valence-electron chi connectivity index (χ1n) is 31.3. The maximum absolute atomic E-state index is 4.98. The zero-order valence-electron chi connectivity index (χ0n) is 48.8. The molecule has 0 heterocycles. The van der Waals surface area contributed by atoms with Gasteiger partial charge in [-0.05, 0) is 160 Å². The molecule has 408 valence electrons. The van der Waals surface area contributed by atoms with E-state index in [1.54, 1.807) is 0 Å². The average Bonchev–Trinajstić information content (AvgIpc) is 4.37. The standard InChI is InChI=1S/C79H92/c1-6-10-12-14-15-16-19-27-59(5)77(74-53-54-76(58-74)79(72-45-37-66(38-46-72)62(8-3)9-4)73-51-43-68(44-52-73)64-31-23-18-24-32-64)57-60(28-20-13-11-7-2)55-61-35-36-75(56-61)78(71-49-41-69(42-50-71)65-33-25-26-34-65)70-47-39-67(40-48-70)63-29-21-17-22-30-63/h17-18,21-24,29-32,35-55,57,62,65,78-79H,5-16,19-20,25-28,33-34,56,58H2,1-4H3. The molecular weight excluding hydrogens is 949 g/mol. The van der Waals surface area contributed by atoms with Gasteiger partial charge in [0.2, 0.25) is 0 Å². The molecule has 0 aromatic heterocycles. The van der Waals surface area contributed by atoms with Gasteiger partial charge < -0.3 is 0 Å². The van der Waals surface area contributed by atoms with Gasteiger partial charge in [-0.1, -0.05) is 310 Å². The van der Waals surface area contributed by atoms with Gasteiger partial charge >= 0.3 is 0 Å². The minimum absolute atomic E-state index is 0.158. The Hall–Kier alpha value is -6.50. The zero-order chi connectivity index (χ0) is 54.6. The molecule has 2 unspecified atom stereocenters. The van der Waals surface area contributed by atoms with E-state index in [9.17, 15) is 0 Å². The van der Waals surface area contributed by atoms with Crippen LogP contribution in [0.5, 0.6) is 0 Å². The largest absolute Gasteiger partial charge is 0.0952 e. The topological polar surface area (TPSA) is 0 Å². The molecule has 6 aromatic rings. The van der Waals surface area contributed by atoms with E-state index in [-0.39, 0.29) is 11.8 Å². The molecular formula is C79H92. The van der Waals surface area contributed by atoms with Gasteiger partial charge in [0.05, 0.1) is 0 Å². The summed E-state index contributed by atoms with van der Waals surface area (Å²) in [6.45, 7) is 14.3. The minimum atomic E-state index is 0.158. The van der Waals surface area contributed by atoms with E-state index in [4.69, 9.17) is 6.58 Å². The second-order valence-electron chi connectivity index (χ2n) is 23.5. The Bertz CT molecular complexity index is 3030. The van der Waals surface area contributed by atoms with Crippen LogP contribution in [-0.2, 0) is 0 Å². The number of allylic oxidation sites excluding steroid dienone is 13. The number of unbranched alkanes of at least 4 members (excludes halogenated alkanes) is 9. The molecule has 0 aliphatic heterocycles. The molecule has 3 aliphatic rings. The van der Waals surface area contributed by atoms with Gasteiger partial charge in [0, 0.05) is 11.8 Å². The molecule has 79 heavy (non-hydrogen) atoms. The SMILES string of the molecule is C=C(CCCCCCCCC)C(=CC(=CC1=CC=C(C(c2ccc(-c3ccccc3)cc2)c2ccc(C3CCCC3)cc2)C1)CCCCCC)C1=CC=C(C(c2ccc(-c3ccccc3)cc2)c2ccc(C(CC)CC)cc2)C1. The zero-order valence-corrected chi connectivity index (χ0v) is 48.8. The molecule has 0 bridgehead atoms. The first-order chi connectivity index (χ1) is 38.9. The van der Waals surface area contributed by atoms with Gasteiger partial charge in [-0.15, -0.1) is 0 Å². The van der Waals surface area contributed by atoms with Crippen LogP contribution < -0.4 is 0 Å². The van der Waals surface area contributed by atoms with Crippen LogP contribution >= 0.6 is 0 Å². The van der Waals surface area contributed by atoms with E-state index in [1.165, 1.54) is 204 Å². The van der Waals surface area contributed by atoms with Crippen LogP contribution in [0.3, 0.4) is 0 Å². The van der Waals surface area contributed by atoms with Gasteiger partial charge in [-0.2, -0.15) is 0 Å². The normalized spacial score (nSPS) is 15.8. The fourth-order valence-electron chi connectivity index (χ4n) is 13.2. The number of hydrogen-bond acceptors (Lipinski definition) is 0. The summed E-state index contributed by atoms with van der Waals surface area (Å²) in [5.74, 6) is 1.65. The Morgan fingerprint density at radius 2 is 0.899 bits per heavy atom. The van der Waals surface area contributed by atoms with Crippen LogP contribution in [0, 0.1) is 0 Å². The Morgan fingerprint density at radius 3 is 1.44 bits per heavy atom. The molecule has 0 spiro atoms. The molecule has 1 saturated carbocycles. The van der Waals surface area contributed by atoms with Gasteiger partial charge in [0.1, 0.15) is 0 Å². The second kappa shape index (κ2) is 29.6. The summed E-state index contributed by atoms with van der Waals surface area (Å²) < 4.78 is 0. The van der Waals surface area contributed by atoms with Crippen LogP contribution in [0.25, 0.3) is 22.3 Å². The van der Waals surface area contributed by atoms with Crippen molar-refractivity contribution in [3.8, 4) is 22.3 Å². The Morgan fingerprint density at radius 1 is 0.456 bits per heavy atom. The van der Waals surface area contributed by atoms with Crippen molar-refractivity contribution in [3.63, 3.8) is 0 Å². The lowest BCUT2D eigenvalue weighted by Crippen LogP contribution is -2.06. The van der Waals surface area contributed by atoms with Gasteiger partial charge in [0.15, 0.2) is 0 Å². The van der Waals surface area contributed by atoms with Gasteiger partial charge in [-0.25, -0.2) is 0 Å². The van der Waals surface area contributed by atoms with E-state index < -0.39 is 0 Å².